The summed E-state index contributed by atoms with van der Waals surface area (Å²) in [5.74, 6) is 0.892. The van der Waals surface area contributed by atoms with Gasteiger partial charge in [0.2, 0.25) is 0 Å². The molecular weight excluding hydrogens is 387 g/mol. The van der Waals surface area contributed by atoms with Gasteiger partial charge in [0.15, 0.2) is 11.6 Å². The topological polar surface area (TPSA) is 78.7 Å². The average Bonchev–Trinajstić information content (AvgIpc) is 3.42. The Morgan fingerprint density at radius 3 is 2.60 bits per heavy atom. The Bertz CT molecular complexity index is 915. The monoisotopic (exact) mass is 414 g/mol. The lowest BCUT2D eigenvalue weighted by atomic mass is 9.97. The van der Waals surface area contributed by atoms with Crippen LogP contribution >= 0.6 is 0 Å². The molecule has 8 heteroatoms. The van der Waals surface area contributed by atoms with Crippen LogP contribution in [0.3, 0.4) is 0 Å². The van der Waals surface area contributed by atoms with E-state index in [0.29, 0.717) is 30.4 Å². The number of nitrogens with zero attached hydrogens (tertiary/aromatic N) is 3. The molecule has 160 valence electrons. The van der Waals surface area contributed by atoms with Crippen LogP contribution in [-0.4, -0.2) is 52.9 Å². The van der Waals surface area contributed by atoms with E-state index in [0.717, 1.165) is 44.3 Å². The summed E-state index contributed by atoms with van der Waals surface area (Å²) < 4.78 is 19.1. The van der Waals surface area contributed by atoms with Crippen molar-refractivity contribution in [2.24, 2.45) is 0 Å². The summed E-state index contributed by atoms with van der Waals surface area (Å²) in [7, 11) is 0. The number of carbonyl (C=O) groups is 2. The maximum atomic E-state index is 13.3. The Balaban J connectivity index is 1.30. The fraction of sp³-hybridized carbons (Fsp3) is 0.500. The molecule has 4 rings (SSSR count). The lowest BCUT2D eigenvalue weighted by Crippen LogP contribution is -2.43. The molecular formula is C22H27FN4O3. The van der Waals surface area contributed by atoms with E-state index in [1.54, 1.807) is 24.0 Å². The number of benzene rings is 1. The first-order valence-electron chi connectivity index (χ1n) is 10.5. The number of aromatic nitrogens is 1. The van der Waals surface area contributed by atoms with Gasteiger partial charge < -0.3 is 19.5 Å². The molecule has 2 saturated heterocycles. The van der Waals surface area contributed by atoms with Crippen LogP contribution in [0.2, 0.25) is 0 Å². The smallest absolute Gasteiger partial charge is 0.317 e. The van der Waals surface area contributed by atoms with Crippen LogP contribution < -0.4 is 5.32 Å². The van der Waals surface area contributed by atoms with Gasteiger partial charge in [0, 0.05) is 38.6 Å². The molecule has 2 aliphatic rings. The zero-order valence-electron chi connectivity index (χ0n) is 17.2. The normalized spacial score (nSPS) is 17.4. The van der Waals surface area contributed by atoms with Crippen molar-refractivity contribution in [3.63, 3.8) is 0 Å². The van der Waals surface area contributed by atoms with Crippen LogP contribution in [0.15, 0.2) is 28.7 Å². The van der Waals surface area contributed by atoms with Crippen molar-refractivity contribution in [1.82, 2.24) is 20.1 Å². The standard InChI is InChI=1S/C22H27FN4O3/c1-15-19(21(28)26-9-2-3-10-26)25-20(30-15)17-7-11-27(12-8-17)22(29)24-14-16-5-4-6-18(23)13-16/h4-6,13,17H,2-3,7-12,14H2,1H3,(H,24,29). The van der Waals surface area contributed by atoms with Crippen LogP contribution in [0, 0.1) is 12.7 Å². The van der Waals surface area contributed by atoms with E-state index >= 15 is 0 Å². The second-order valence-corrected chi connectivity index (χ2v) is 8.01. The molecule has 0 bridgehead atoms. The lowest BCUT2D eigenvalue weighted by Gasteiger charge is -2.30. The number of likely N-dealkylation sites (tertiary alicyclic amines) is 2. The first-order chi connectivity index (χ1) is 14.5. The molecule has 1 aromatic heterocycles. The van der Waals surface area contributed by atoms with Crippen LogP contribution in [0.25, 0.3) is 0 Å². The SMILES string of the molecule is Cc1oc(C2CCN(C(=O)NCc3cccc(F)c3)CC2)nc1C(=O)N1CCCC1. The van der Waals surface area contributed by atoms with Crippen molar-refractivity contribution < 1.29 is 18.4 Å². The van der Waals surface area contributed by atoms with Crippen LogP contribution in [0.4, 0.5) is 9.18 Å². The Labute approximate surface area is 175 Å². The first-order valence-corrected chi connectivity index (χ1v) is 10.5. The molecule has 0 aliphatic carbocycles. The number of aryl methyl sites for hydroxylation is 1. The van der Waals surface area contributed by atoms with Crippen molar-refractivity contribution in [2.45, 2.75) is 45.1 Å². The second-order valence-electron chi connectivity index (χ2n) is 8.01. The van der Waals surface area contributed by atoms with Crippen molar-refractivity contribution in [1.29, 1.82) is 0 Å². The minimum atomic E-state index is -0.314. The second kappa shape index (κ2) is 8.85. The number of urea groups is 1. The van der Waals surface area contributed by atoms with Crippen molar-refractivity contribution in [2.75, 3.05) is 26.2 Å². The van der Waals surface area contributed by atoms with Gasteiger partial charge in [-0.3, -0.25) is 4.79 Å². The summed E-state index contributed by atoms with van der Waals surface area (Å²) in [5, 5.41) is 2.84. The van der Waals surface area contributed by atoms with Gasteiger partial charge in [-0.15, -0.1) is 0 Å². The third-order valence-electron chi connectivity index (χ3n) is 5.87. The summed E-state index contributed by atoms with van der Waals surface area (Å²) in [6.07, 6.45) is 3.53. The number of nitrogens with one attached hydrogen (secondary N) is 1. The van der Waals surface area contributed by atoms with E-state index in [-0.39, 0.29) is 30.2 Å². The zero-order valence-corrected chi connectivity index (χ0v) is 17.2. The van der Waals surface area contributed by atoms with E-state index < -0.39 is 0 Å². The van der Waals surface area contributed by atoms with Crippen LogP contribution in [-0.2, 0) is 6.54 Å². The Kier molecular flexibility index (Phi) is 6.01. The van der Waals surface area contributed by atoms with Gasteiger partial charge in [-0.25, -0.2) is 14.2 Å². The molecule has 3 amide bonds. The predicted molar refractivity (Wildman–Crippen MR) is 109 cm³/mol. The molecule has 0 unspecified atom stereocenters. The Morgan fingerprint density at radius 1 is 1.17 bits per heavy atom. The van der Waals surface area contributed by atoms with Gasteiger partial charge in [0.25, 0.3) is 5.91 Å². The number of rotatable bonds is 4. The first kappa shape index (κ1) is 20.4. The number of amides is 3. The predicted octanol–water partition coefficient (Wildman–Crippen LogP) is 3.45. The average molecular weight is 414 g/mol. The summed E-state index contributed by atoms with van der Waals surface area (Å²) in [6, 6.07) is 6.04. The van der Waals surface area contributed by atoms with E-state index in [4.69, 9.17) is 4.42 Å². The molecule has 1 aromatic carbocycles. The number of hydrogen-bond acceptors (Lipinski definition) is 4. The summed E-state index contributed by atoms with van der Waals surface area (Å²) in [5.41, 5.74) is 1.14. The Morgan fingerprint density at radius 2 is 1.90 bits per heavy atom. The molecule has 1 N–H and O–H groups in total. The molecule has 2 aliphatic heterocycles. The highest BCUT2D eigenvalue weighted by molar-refractivity contribution is 5.93. The van der Waals surface area contributed by atoms with Crippen molar-refractivity contribution in [3.05, 3.63) is 53.0 Å². The van der Waals surface area contributed by atoms with Gasteiger partial charge in [-0.2, -0.15) is 0 Å². The van der Waals surface area contributed by atoms with E-state index in [9.17, 15) is 14.0 Å². The highest BCUT2D eigenvalue weighted by Crippen LogP contribution is 2.29. The minimum absolute atomic E-state index is 0.0471. The van der Waals surface area contributed by atoms with Gasteiger partial charge in [-0.05, 0) is 50.3 Å². The third-order valence-corrected chi connectivity index (χ3v) is 5.87. The lowest BCUT2D eigenvalue weighted by molar-refractivity contribution is 0.0786. The molecule has 30 heavy (non-hydrogen) atoms. The molecule has 2 aromatic rings. The van der Waals surface area contributed by atoms with Gasteiger partial charge in [-0.1, -0.05) is 12.1 Å². The number of hydrogen-bond donors (Lipinski definition) is 1. The molecule has 0 atom stereocenters. The van der Waals surface area contributed by atoms with Crippen LogP contribution in [0.1, 0.15) is 59.3 Å². The van der Waals surface area contributed by atoms with Gasteiger partial charge >= 0.3 is 6.03 Å². The van der Waals surface area contributed by atoms with E-state index in [2.05, 4.69) is 10.3 Å². The molecule has 3 heterocycles. The van der Waals surface area contributed by atoms with E-state index in [1.807, 2.05) is 4.90 Å². The fourth-order valence-electron chi connectivity index (χ4n) is 4.13. The maximum absolute atomic E-state index is 13.3. The quantitative estimate of drug-likeness (QED) is 0.831. The van der Waals surface area contributed by atoms with Crippen molar-refractivity contribution >= 4 is 11.9 Å². The maximum Gasteiger partial charge on any atom is 0.317 e. The minimum Gasteiger partial charge on any atom is -0.445 e. The molecule has 0 saturated carbocycles. The number of oxazole rings is 1. The summed E-state index contributed by atoms with van der Waals surface area (Å²) >= 11 is 0. The zero-order chi connectivity index (χ0) is 21.1. The van der Waals surface area contributed by atoms with Crippen molar-refractivity contribution in [3.8, 4) is 0 Å². The number of piperidine rings is 1. The van der Waals surface area contributed by atoms with Crippen LogP contribution in [0.5, 0.6) is 0 Å². The largest absolute Gasteiger partial charge is 0.445 e. The van der Waals surface area contributed by atoms with Gasteiger partial charge in [0.1, 0.15) is 11.6 Å². The molecule has 0 spiro atoms. The van der Waals surface area contributed by atoms with Gasteiger partial charge in [0.05, 0.1) is 0 Å². The summed E-state index contributed by atoms with van der Waals surface area (Å²) in [4.78, 5) is 33.2. The number of carbonyl (C=O) groups excluding carboxylic acids is 2. The number of halogens is 1. The highest BCUT2D eigenvalue weighted by Gasteiger charge is 2.30. The third kappa shape index (κ3) is 4.47. The molecule has 2 fully saturated rings. The van der Waals surface area contributed by atoms with E-state index in [1.165, 1.54) is 12.1 Å². The Hall–Kier alpha value is -2.90. The molecule has 7 nitrogen and oxygen atoms in total. The summed E-state index contributed by atoms with van der Waals surface area (Å²) in [6.45, 7) is 4.80. The molecule has 0 radical (unpaired) electrons. The highest BCUT2D eigenvalue weighted by atomic mass is 19.1. The fourth-order valence-corrected chi connectivity index (χ4v) is 4.13.